The summed E-state index contributed by atoms with van der Waals surface area (Å²) in [4.78, 5) is 0. The third-order valence-corrected chi connectivity index (χ3v) is 10.5. The third kappa shape index (κ3) is 9.29. The number of hydrogen-bond donors (Lipinski definition) is 2. The molecule has 214 valence electrons. The van der Waals surface area contributed by atoms with Crippen LogP contribution in [0.4, 0.5) is 0 Å². The first kappa shape index (κ1) is 32.1. The normalized spacial score (nSPS) is 34.7. The quantitative estimate of drug-likeness (QED) is 0.289. The van der Waals surface area contributed by atoms with Crippen LogP contribution >= 0.6 is 0 Å². The molecule has 2 saturated carbocycles. The van der Waals surface area contributed by atoms with Gasteiger partial charge in [-0.1, -0.05) is 127 Å². The molecule has 2 aliphatic rings. The maximum Gasteiger partial charge on any atom is 0.0606 e. The van der Waals surface area contributed by atoms with Crippen LogP contribution in [-0.4, -0.2) is 22.4 Å². The smallest absolute Gasteiger partial charge is 0.0606 e. The van der Waals surface area contributed by atoms with Gasteiger partial charge in [-0.3, -0.25) is 0 Å². The van der Waals surface area contributed by atoms with Gasteiger partial charge in [-0.2, -0.15) is 0 Å². The van der Waals surface area contributed by atoms with Crippen molar-refractivity contribution in [1.29, 1.82) is 0 Å². The highest BCUT2D eigenvalue weighted by Gasteiger charge is 2.45. The summed E-state index contributed by atoms with van der Waals surface area (Å²) in [5, 5.41) is 22.1. The van der Waals surface area contributed by atoms with Gasteiger partial charge >= 0.3 is 0 Å². The van der Waals surface area contributed by atoms with Gasteiger partial charge in [0.25, 0.3) is 0 Å². The molecule has 2 nitrogen and oxygen atoms in total. The van der Waals surface area contributed by atoms with Crippen LogP contribution in [-0.2, 0) is 0 Å². The van der Waals surface area contributed by atoms with E-state index in [1.807, 2.05) is 0 Å². The Morgan fingerprint density at radius 1 is 0.500 bits per heavy atom. The maximum atomic E-state index is 11.2. The van der Waals surface area contributed by atoms with Crippen LogP contribution < -0.4 is 0 Å². The Balaban J connectivity index is 1.68. The van der Waals surface area contributed by atoms with Gasteiger partial charge in [-0.05, 0) is 77.4 Å². The molecule has 2 aliphatic carbocycles. The second-order valence-electron chi connectivity index (χ2n) is 16.4. The summed E-state index contributed by atoms with van der Waals surface area (Å²) in [5.74, 6) is 3.40. The predicted molar refractivity (Wildman–Crippen MR) is 157 cm³/mol. The van der Waals surface area contributed by atoms with Crippen molar-refractivity contribution < 1.29 is 10.2 Å². The van der Waals surface area contributed by atoms with Gasteiger partial charge in [0, 0.05) is 0 Å². The number of rotatable bonds is 10. The average Bonchev–Trinajstić information content (AvgIpc) is 2.74. The summed E-state index contributed by atoms with van der Waals surface area (Å²) in [5.41, 5.74) is 0.575. The Hall–Kier alpha value is -0.0800. The maximum absolute atomic E-state index is 11.2. The fourth-order valence-corrected chi connectivity index (χ4v) is 7.91. The van der Waals surface area contributed by atoms with Crippen LogP contribution in [0.3, 0.4) is 0 Å². The standard InChI is InChI=1S/C34H66O2/c1-11-26-20-24(21-27(30(26)35)32(2,3)4)18-16-14-12-13-15-17-19-25-22-28(33(5,6)7)31(36)29(23-25)34(8,9)10/h24-31,35-36H,11-23H2,1-10H3. The molecule has 6 unspecified atom stereocenters. The van der Waals surface area contributed by atoms with Gasteiger partial charge in [0.15, 0.2) is 0 Å². The first-order valence-corrected chi connectivity index (χ1v) is 15.9. The zero-order chi connectivity index (χ0) is 27.3. The van der Waals surface area contributed by atoms with E-state index in [0.29, 0.717) is 23.7 Å². The average molecular weight is 507 g/mol. The van der Waals surface area contributed by atoms with Crippen LogP contribution in [0.5, 0.6) is 0 Å². The molecule has 0 aromatic heterocycles. The molecular weight excluding hydrogens is 440 g/mol. The minimum absolute atomic E-state index is 0.101. The molecule has 0 spiro atoms. The van der Waals surface area contributed by atoms with Gasteiger partial charge in [-0.15, -0.1) is 0 Å². The number of unbranched alkanes of at least 4 members (excludes halogenated alkanes) is 5. The minimum atomic E-state index is -0.153. The Morgan fingerprint density at radius 3 is 1.19 bits per heavy atom. The van der Waals surface area contributed by atoms with Gasteiger partial charge in [0.2, 0.25) is 0 Å². The van der Waals surface area contributed by atoms with Crippen molar-refractivity contribution in [3.8, 4) is 0 Å². The van der Waals surface area contributed by atoms with Gasteiger partial charge in [-0.25, -0.2) is 0 Å². The van der Waals surface area contributed by atoms with E-state index < -0.39 is 0 Å². The second kappa shape index (κ2) is 13.3. The van der Waals surface area contributed by atoms with Crippen molar-refractivity contribution in [3.05, 3.63) is 0 Å². The molecule has 0 aliphatic heterocycles. The fraction of sp³-hybridized carbons (Fsp3) is 1.00. The lowest BCUT2D eigenvalue weighted by atomic mass is 9.58. The van der Waals surface area contributed by atoms with E-state index in [2.05, 4.69) is 69.2 Å². The molecule has 2 fully saturated rings. The molecule has 2 N–H and O–H groups in total. The van der Waals surface area contributed by atoms with Crippen LogP contribution in [0.15, 0.2) is 0 Å². The molecule has 0 bridgehead atoms. The van der Waals surface area contributed by atoms with Gasteiger partial charge < -0.3 is 10.2 Å². The Labute approximate surface area is 226 Å². The zero-order valence-electron chi connectivity index (χ0n) is 26.2. The summed E-state index contributed by atoms with van der Waals surface area (Å²) in [7, 11) is 0. The zero-order valence-corrected chi connectivity index (χ0v) is 26.2. The molecular formula is C34H66O2. The van der Waals surface area contributed by atoms with Crippen molar-refractivity contribution >= 4 is 0 Å². The van der Waals surface area contributed by atoms with E-state index in [4.69, 9.17) is 0 Å². The van der Waals surface area contributed by atoms with E-state index in [1.165, 1.54) is 77.0 Å². The van der Waals surface area contributed by atoms with Gasteiger partial charge in [0.1, 0.15) is 0 Å². The van der Waals surface area contributed by atoms with E-state index >= 15 is 0 Å². The fourth-order valence-electron chi connectivity index (χ4n) is 7.91. The summed E-state index contributed by atoms with van der Waals surface area (Å²) in [6.45, 7) is 23.2. The molecule has 0 aromatic carbocycles. The monoisotopic (exact) mass is 507 g/mol. The first-order chi connectivity index (χ1) is 16.6. The molecule has 36 heavy (non-hydrogen) atoms. The summed E-state index contributed by atoms with van der Waals surface area (Å²) < 4.78 is 0. The number of aliphatic hydroxyl groups is 2. The molecule has 2 heteroatoms. The predicted octanol–water partition coefficient (Wildman–Crippen LogP) is 9.66. The van der Waals surface area contributed by atoms with Crippen LogP contribution in [0.25, 0.3) is 0 Å². The van der Waals surface area contributed by atoms with Crippen LogP contribution in [0, 0.1) is 51.8 Å². The topological polar surface area (TPSA) is 40.5 Å². The molecule has 0 radical (unpaired) electrons. The highest BCUT2D eigenvalue weighted by Crippen LogP contribution is 2.49. The number of hydrogen-bond acceptors (Lipinski definition) is 2. The Kier molecular flexibility index (Phi) is 11.9. The van der Waals surface area contributed by atoms with E-state index in [-0.39, 0.29) is 28.5 Å². The lowest BCUT2D eigenvalue weighted by molar-refractivity contribution is -0.0847. The van der Waals surface area contributed by atoms with Crippen molar-refractivity contribution in [2.24, 2.45) is 51.8 Å². The van der Waals surface area contributed by atoms with Crippen molar-refractivity contribution in [1.82, 2.24) is 0 Å². The SMILES string of the molecule is CCC1CC(CCCCCCCCC2CC(C(C)(C)C)C(O)C(C(C)(C)C)C2)CC(C(C)(C)C)C1O. The Morgan fingerprint density at radius 2 is 0.833 bits per heavy atom. The van der Waals surface area contributed by atoms with E-state index in [1.54, 1.807) is 0 Å². The number of aliphatic hydroxyl groups excluding tert-OH is 2. The first-order valence-electron chi connectivity index (χ1n) is 15.9. The Bertz CT molecular complexity index is 595. The molecule has 0 saturated heterocycles. The summed E-state index contributed by atoms with van der Waals surface area (Å²) >= 11 is 0. The molecule has 6 atom stereocenters. The lowest BCUT2D eigenvalue weighted by Crippen LogP contribution is -2.47. The van der Waals surface area contributed by atoms with Gasteiger partial charge in [0.05, 0.1) is 12.2 Å². The summed E-state index contributed by atoms with van der Waals surface area (Å²) in [6.07, 6.45) is 16.7. The molecule has 0 aromatic rings. The van der Waals surface area contributed by atoms with E-state index in [9.17, 15) is 10.2 Å². The third-order valence-electron chi connectivity index (χ3n) is 10.5. The largest absolute Gasteiger partial charge is 0.393 e. The highest BCUT2D eigenvalue weighted by atomic mass is 16.3. The molecule has 0 heterocycles. The minimum Gasteiger partial charge on any atom is -0.393 e. The van der Waals surface area contributed by atoms with E-state index in [0.717, 1.165) is 18.3 Å². The van der Waals surface area contributed by atoms with Crippen molar-refractivity contribution in [2.45, 2.75) is 165 Å². The van der Waals surface area contributed by atoms with Crippen molar-refractivity contribution in [2.75, 3.05) is 0 Å². The molecule has 0 amide bonds. The van der Waals surface area contributed by atoms with Crippen LogP contribution in [0.2, 0.25) is 0 Å². The molecule has 2 rings (SSSR count). The van der Waals surface area contributed by atoms with Crippen molar-refractivity contribution in [3.63, 3.8) is 0 Å². The highest BCUT2D eigenvalue weighted by molar-refractivity contribution is 4.95. The van der Waals surface area contributed by atoms with Crippen LogP contribution in [0.1, 0.15) is 153 Å². The lowest BCUT2D eigenvalue weighted by Gasteiger charge is -2.49. The second-order valence-corrected chi connectivity index (χ2v) is 16.4. The summed E-state index contributed by atoms with van der Waals surface area (Å²) in [6, 6.07) is 0.